The molecule has 1 atom stereocenters. The van der Waals surface area contributed by atoms with Crippen LogP contribution in [0.15, 0.2) is 72.9 Å². The van der Waals surface area contributed by atoms with Crippen LogP contribution in [0.2, 0.25) is 0 Å². The number of alkyl halides is 3. The Labute approximate surface area is 159 Å². The Kier molecular flexibility index (Phi) is 4.50. The molecule has 2 aromatic carbocycles. The molecule has 1 unspecified atom stereocenters. The van der Waals surface area contributed by atoms with E-state index in [4.69, 9.17) is 0 Å². The number of hydrogen-bond acceptors (Lipinski definition) is 3. The van der Waals surface area contributed by atoms with Crippen molar-refractivity contribution >= 4 is 11.6 Å². The van der Waals surface area contributed by atoms with Crippen molar-refractivity contribution in [3.05, 3.63) is 95.3 Å². The number of nitrogens with one attached hydrogen (secondary N) is 1. The van der Waals surface area contributed by atoms with Gasteiger partial charge in [0.15, 0.2) is 0 Å². The first kappa shape index (κ1) is 18.0. The maximum absolute atomic E-state index is 13.4. The lowest BCUT2D eigenvalue weighted by Crippen LogP contribution is -2.32. The smallest absolute Gasteiger partial charge is 0.360 e. The van der Waals surface area contributed by atoms with E-state index >= 15 is 0 Å². The van der Waals surface area contributed by atoms with Crippen molar-refractivity contribution in [2.75, 3.05) is 5.32 Å². The maximum atomic E-state index is 13.4. The van der Waals surface area contributed by atoms with Crippen LogP contribution in [0.4, 0.5) is 18.9 Å². The number of fused-ring (bicyclic) bond motifs is 1. The van der Waals surface area contributed by atoms with Crippen LogP contribution in [-0.4, -0.2) is 15.8 Å². The van der Waals surface area contributed by atoms with Crippen LogP contribution in [0.25, 0.3) is 0 Å². The summed E-state index contributed by atoms with van der Waals surface area (Å²) in [6.07, 6.45) is -3.78. The molecule has 0 fully saturated rings. The molecule has 3 aromatic rings. The van der Waals surface area contributed by atoms with Crippen LogP contribution in [0.5, 0.6) is 0 Å². The SMILES string of the molecule is O=C1c2cccnc2C(Nc2ccccc2C(F)(F)F)N1Cc1ccccc1. The summed E-state index contributed by atoms with van der Waals surface area (Å²) < 4.78 is 40.2. The van der Waals surface area contributed by atoms with Gasteiger partial charge in [0.1, 0.15) is 6.17 Å². The summed E-state index contributed by atoms with van der Waals surface area (Å²) in [6.45, 7) is 0.252. The quantitative estimate of drug-likeness (QED) is 0.699. The second-order valence-corrected chi connectivity index (χ2v) is 6.45. The molecule has 1 aliphatic rings. The van der Waals surface area contributed by atoms with Crippen LogP contribution in [0.3, 0.4) is 0 Å². The standard InChI is InChI=1S/C21H16F3N3O/c22-21(23,24)16-10-4-5-11-17(16)26-19-18-15(9-6-12-25-18)20(28)27(19)13-14-7-2-1-3-8-14/h1-12,19,26H,13H2. The van der Waals surface area contributed by atoms with Gasteiger partial charge in [0.05, 0.1) is 16.8 Å². The van der Waals surface area contributed by atoms with E-state index in [0.29, 0.717) is 11.3 Å². The van der Waals surface area contributed by atoms with E-state index in [9.17, 15) is 18.0 Å². The molecule has 1 aromatic heterocycles. The second kappa shape index (κ2) is 6.99. The minimum atomic E-state index is -4.51. The summed E-state index contributed by atoms with van der Waals surface area (Å²) >= 11 is 0. The number of carbonyl (C=O) groups excluding carboxylic acids is 1. The maximum Gasteiger partial charge on any atom is 0.418 e. The second-order valence-electron chi connectivity index (χ2n) is 6.45. The van der Waals surface area contributed by atoms with E-state index in [-0.39, 0.29) is 18.1 Å². The van der Waals surface area contributed by atoms with Gasteiger partial charge in [-0.05, 0) is 29.8 Å². The summed E-state index contributed by atoms with van der Waals surface area (Å²) in [7, 11) is 0. The number of amides is 1. The molecular weight excluding hydrogens is 367 g/mol. The van der Waals surface area contributed by atoms with Gasteiger partial charge in [0.2, 0.25) is 0 Å². The Bertz CT molecular complexity index is 1010. The molecule has 1 amide bonds. The predicted molar refractivity (Wildman–Crippen MR) is 98.4 cm³/mol. The lowest BCUT2D eigenvalue weighted by molar-refractivity contribution is -0.137. The number of carbonyl (C=O) groups is 1. The zero-order valence-electron chi connectivity index (χ0n) is 14.6. The molecule has 0 radical (unpaired) electrons. The number of nitrogens with zero attached hydrogens (tertiary/aromatic N) is 2. The van der Waals surface area contributed by atoms with Crippen molar-refractivity contribution in [1.29, 1.82) is 0 Å². The number of halogens is 3. The van der Waals surface area contributed by atoms with Gasteiger partial charge in [-0.15, -0.1) is 0 Å². The van der Waals surface area contributed by atoms with Gasteiger partial charge in [-0.3, -0.25) is 9.78 Å². The first-order chi connectivity index (χ1) is 13.4. The Balaban J connectivity index is 1.73. The highest BCUT2D eigenvalue weighted by molar-refractivity contribution is 5.98. The third kappa shape index (κ3) is 3.31. The summed E-state index contributed by atoms with van der Waals surface area (Å²) in [6, 6.07) is 17.8. The summed E-state index contributed by atoms with van der Waals surface area (Å²) in [4.78, 5) is 18.7. The summed E-state index contributed by atoms with van der Waals surface area (Å²) in [5.74, 6) is -0.269. The summed E-state index contributed by atoms with van der Waals surface area (Å²) in [5.41, 5.74) is 0.802. The number of hydrogen-bond donors (Lipinski definition) is 1. The molecule has 2 heterocycles. The van der Waals surface area contributed by atoms with Gasteiger partial charge in [-0.25, -0.2) is 0 Å². The third-order valence-corrected chi connectivity index (χ3v) is 4.62. The molecule has 0 saturated heterocycles. The van der Waals surface area contributed by atoms with Crippen LogP contribution >= 0.6 is 0 Å². The fourth-order valence-corrected chi connectivity index (χ4v) is 3.33. The fraction of sp³-hybridized carbons (Fsp3) is 0.143. The molecule has 0 spiro atoms. The van der Waals surface area contributed by atoms with Crippen molar-refractivity contribution in [1.82, 2.24) is 9.88 Å². The Hall–Kier alpha value is -3.35. The number of anilines is 1. The molecule has 28 heavy (non-hydrogen) atoms. The van der Waals surface area contributed by atoms with Crippen LogP contribution < -0.4 is 5.32 Å². The summed E-state index contributed by atoms with van der Waals surface area (Å²) in [5, 5.41) is 2.90. The minimum Gasteiger partial charge on any atom is -0.360 e. The van der Waals surface area contributed by atoms with E-state index in [0.717, 1.165) is 11.6 Å². The van der Waals surface area contributed by atoms with Crippen LogP contribution in [-0.2, 0) is 12.7 Å². The lowest BCUT2D eigenvalue weighted by Gasteiger charge is -2.27. The zero-order valence-corrected chi connectivity index (χ0v) is 14.6. The van der Waals surface area contributed by atoms with Crippen LogP contribution in [0, 0.1) is 0 Å². The number of para-hydroxylation sites is 1. The van der Waals surface area contributed by atoms with Gasteiger partial charge in [0, 0.05) is 18.4 Å². The van der Waals surface area contributed by atoms with Crippen molar-refractivity contribution in [3.63, 3.8) is 0 Å². The number of pyridine rings is 1. The van der Waals surface area contributed by atoms with Gasteiger partial charge >= 0.3 is 6.18 Å². The molecule has 142 valence electrons. The molecule has 0 saturated carbocycles. The first-order valence-electron chi connectivity index (χ1n) is 8.68. The molecule has 0 bridgehead atoms. The van der Waals surface area contributed by atoms with Gasteiger partial charge < -0.3 is 10.2 Å². The number of aromatic nitrogens is 1. The number of benzene rings is 2. The third-order valence-electron chi connectivity index (χ3n) is 4.62. The van der Waals surface area contributed by atoms with Crippen LogP contribution in [0.1, 0.15) is 33.3 Å². The van der Waals surface area contributed by atoms with E-state index in [2.05, 4.69) is 10.3 Å². The van der Waals surface area contributed by atoms with E-state index < -0.39 is 17.9 Å². The predicted octanol–water partition coefficient (Wildman–Crippen LogP) is 4.87. The molecule has 4 nitrogen and oxygen atoms in total. The Morgan fingerprint density at radius 1 is 0.964 bits per heavy atom. The molecule has 0 aliphatic carbocycles. The van der Waals surface area contributed by atoms with Crippen molar-refractivity contribution in [2.45, 2.75) is 18.9 Å². The Morgan fingerprint density at radius 3 is 2.43 bits per heavy atom. The van der Waals surface area contributed by atoms with E-state index in [1.165, 1.54) is 29.3 Å². The minimum absolute atomic E-state index is 0.0932. The van der Waals surface area contributed by atoms with Crippen molar-refractivity contribution < 1.29 is 18.0 Å². The topological polar surface area (TPSA) is 45.2 Å². The number of rotatable bonds is 4. The van der Waals surface area contributed by atoms with Crippen molar-refractivity contribution in [3.8, 4) is 0 Å². The molecule has 4 rings (SSSR count). The fourth-order valence-electron chi connectivity index (χ4n) is 3.33. The highest BCUT2D eigenvalue weighted by Crippen LogP contribution is 2.39. The average Bonchev–Trinajstić information content (AvgIpc) is 2.95. The molecular formula is C21H16F3N3O. The average molecular weight is 383 g/mol. The normalized spacial score (nSPS) is 16.2. The molecule has 7 heteroatoms. The van der Waals surface area contributed by atoms with Gasteiger partial charge in [0.25, 0.3) is 5.91 Å². The monoisotopic (exact) mass is 383 g/mol. The van der Waals surface area contributed by atoms with E-state index in [1.807, 2.05) is 30.3 Å². The Morgan fingerprint density at radius 2 is 1.68 bits per heavy atom. The largest absolute Gasteiger partial charge is 0.418 e. The van der Waals surface area contributed by atoms with Gasteiger partial charge in [-0.2, -0.15) is 13.2 Å². The molecule has 1 aliphatic heterocycles. The van der Waals surface area contributed by atoms with Crippen molar-refractivity contribution in [2.24, 2.45) is 0 Å². The zero-order chi connectivity index (χ0) is 19.7. The highest BCUT2D eigenvalue weighted by atomic mass is 19.4. The van der Waals surface area contributed by atoms with Gasteiger partial charge in [-0.1, -0.05) is 42.5 Å². The molecule has 1 N–H and O–H groups in total. The first-order valence-corrected chi connectivity index (χ1v) is 8.68. The highest BCUT2D eigenvalue weighted by Gasteiger charge is 2.40. The van der Waals surface area contributed by atoms with E-state index in [1.54, 1.807) is 12.1 Å². The lowest BCUT2D eigenvalue weighted by atomic mass is 10.1.